The summed E-state index contributed by atoms with van der Waals surface area (Å²) < 4.78 is 1.65. The number of hydrogen-bond donors (Lipinski definition) is 1. The standard InChI is InChI=1S/C23H23N4O3PS.2C2H6/c1-3-5-6-15-12-26-13-17(20(28)21(29)19(26)23(30)27(15)4-2)22-25-24-18(32-22)11-14-7-9-16(31)10-8-14;2*1-2/h7-10,13,15,29H,4,6,11-12,31H2,1-2H3;2*1-2H3. The van der Waals surface area contributed by atoms with Crippen LogP contribution in [-0.4, -0.2) is 43.3 Å². The quantitative estimate of drug-likeness (QED) is 0.391. The summed E-state index contributed by atoms with van der Waals surface area (Å²) in [6, 6.07) is 7.92. The fraction of sp³-hybridized carbons (Fsp3) is 0.407. The summed E-state index contributed by atoms with van der Waals surface area (Å²) >= 11 is 1.31. The largest absolute Gasteiger partial charge is 0.503 e. The number of fused-ring (bicyclic) bond motifs is 1. The fourth-order valence-electron chi connectivity index (χ4n) is 3.84. The Hall–Kier alpha value is -3.01. The van der Waals surface area contributed by atoms with Gasteiger partial charge in [0, 0.05) is 32.1 Å². The number of carbonyl (C=O) groups is 1. The molecular weight excluding hydrogens is 491 g/mol. The molecule has 3 aromatic rings. The molecule has 0 radical (unpaired) electrons. The molecule has 0 saturated heterocycles. The average Bonchev–Trinajstić information content (AvgIpc) is 3.36. The van der Waals surface area contributed by atoms with E-state index in [2.05, 4.69) is 31.3 Å². The van der Waals surface area contributed by atoms with Gasteiger partial charge in [-0.25, -0.2) is 0 Å². The lowest BCUT2D eigenvalue weighted by atomic mass is 10.1. The van der Waals surface area contributed by atoms with E-state index in [-0.39, 0.29) is 23.2 Å². The van der Waals surface area contributed by atoms with E-state index in [4.69, 9.17) is 0 Å². The topological polar surface area (TPSA) is 88.3 Å². The molecule has 9 heteroatoms. The van der Waals surface area contributed by atoms with Crippen LogP contribution in [0.5, 0.6) is 5.75 Å². The van der Waals surface area contributed by atoms with Crippen molar-refractivity contribution < 1.29 is 9.90 Å². The van der Waals surface area contributed by atoms with E-state index in [0.717, 1.165) is 15.9 Å². The highest BCUT2D eigenvalue weighted by molar-refractivity contribution is 7.27. The van der Waals surface area contributed by atoms with E-state index < -0.39 is 11.2 Å². The minimum absolute atomic E-state index is 0.0172. The summed E-state index contributed by atoms with van der Waals surface area (Å²) in [7, 11) is 2.65. The second-order valence-corrected chi connectivity index (χ2v) is 9.25. The normalized spacial score (nSPS) is 13.9. The average molecular weight is 527 g/mol. The molecule has 2 atom stereocenters. The Morgan fingerprint density at radius 1 is 1.14 bits per heavy atom. The summed E-state index contributed by atoms with van der Waals surface area (Å²) in [6.07, 6.45) is 2.74. The highest BCUT2D eigenvalue weighted by Crippen LogP contribution is 2.29. The first-order valence-electron chi connectivity index (χ1n) is 12.3. The van der Waals surface area contributed by atoms with Crippen LogP contribution in [0.2, 0.25) is 0 Å². The van der Waals surface area contributed by atoms with Gasteiger partial charge >= 0.3 is 0 Å². The SMILES string of the molecule is CC.CC.CC#CCC1Cn2cc(-c3nnc(Cc4ccc(P)cc4)s3)c(=O)c(O)c2C(=O)N1CC. The van der Waals surface area contributed by atoms with Crippen LogP contribution in [0, 0.1) is 11.8 Å². The van der Waals surface area contributed by atoms with Crippen molar-refractivity contribution >= 4 is 31.8 Å². The molecule has 0 bridgehead atoms. The van der Waals surface area contributed by atoms with Crippen molar-refractivity contribution in [2.24, 2.45) is 0 Å². The van der Waals surface area contributed by atoms with Crippen LogP contribution >= 0.6 is 20.6 Å². The first-order chi connectivity index (χ1) is 17.4. The number of carbonyl (C=O) groups excluding carboxylic acids is 1. The number of nitrogens with zero attached hydrogens (tertiary/aromatic N) is 4. The van der Waals surface area contributed by atoms with Crippen molar-refractivity contribution in [2.75, 3.05) is 6.54 Å². The van der Waals surface area contributed by atoms with Gasteiger partial charge in [0.2, 0.25) is 5.43 Å². The van der Waals surface area contributed by atoms with E-state index in [1.54, 1.807) is 22.6 Å². The zero-order valence-electron chi connectivity index (χ0n) is 21.8. The molecule has 4 rings (SSSR count). The maximum Gasteiger partial charge on any atom is 0.274 e. The summed E-state index contributed by atoms with van der Waals surface area (Å²) in [5.41, 5.74) is 0.744. The van der Waals surface area contributed by atoms with Crippen LogP contribution in [0.15, 0.2) is 35.3 Å². The molecule has 36 heavy (non-hydrogen) atoms. The van der Waals surface area contributed by atoms with Gasteiger partial charge in [0.15, 0.2) is 16.5 Å². The lowest BCUT2D eigenvalue weighted by molar-refractivity contribution is 0.0604. The minimum atomic E-state index is -0.609. The molecule has 3 heterocycles. The van der Waals surface area contributed by atoms with E-state index in [1.165, 1.54) is 11.3 Å². The Kier molecular flexibility index (Phi) is 11.3. The van der Waals surface area contributed by atoms with Crippen molar-refractivity contribution in [3.63, 3.8) is 0 Å². The van der Waals surface area contributed by atoms with Crippen LogP contribution in [0.1, 0.15) is 69.0 Å². The monoisotopic (exact) mass is 526 g/mol. The van der Waals surface area contributed by atoms with Gasteiger partial charge in [-0.05, 0) is 24.7 Å². The molecule has 1 aliphatic rings. The molecule has 1 aliphatic heterocycles. The van der Waals surface area contributed by atoms with Crippen molar-refractivity contribution in [3.8, 4) is 28.2 Å². The summed E-state index contributed by atoms with van der Waals surface area (Å²) in [4.78, 5) is 27.6. The molecule has 192 valence electrons. The first-order valence-corrected chi connectivity index (χ1v) is 13.7. The highest BCUT2D eigenvalue weighted by atomic mass is 32.1. The Labute approximate surface area is 219 Å². The van der Waals surface area contributed by atoms with E-state index in [0.29, 0.717) is 30.9 Å². The molecule has 0 fully saturated rings. The van der Waals surface area contributed by atoms with Crippen molar-refractivity contribution in [3.05, 3.63) is 57.0 Å². The minimum Gasteiger partial charge on any atom is -0.503 e. The molecule has 2 unspecified atom stereocenters. The van der Waals surface area contributed by atoms with Crippen LogP contribution in [0.4, 0.5) is 0 Å². The number of rotatable bonds is 5. The van der Waals surface area contributed by atoms with Gasteiger partial charge in [0.05, 0.1) is 11.6 Å². The van der Waals surface area contributed by atoms with Gasteiger partial charge in [-0.1, -0.05) is 63.3 Å². The molecule has 1 aromatic carbocycles. The second kappa shape index (κ2) is 13.9. The molecule has 2 aromatic heterocycles. The Morgan fingerprint density at radius 2 is 1.81 bits per heavy atom. The molecule has 1 N–H and O–H groups in total. The molecule has 0 saturated carbocycles. The first kappa shape index (κ1) is 29.2. The zero-order valence-corrected chi connectivity index (χ0v) is 23.8. The van der Waals surface area contributed by atoms with E-state index >= 15 is 0 Å². The number of benzene rings is 1. The number of amides is 1. The Balaban J connectivity index is 0.00000109. The molecule has 0 aliphatic carbocycles. The molecule has 7 nitrogen and oxygen atoms in total. The third kappa shape index (κ3) is 6.40. The van der Waals surface area contributed by atoms with Crippen LogP contribution < -0.4 is 10.7 Å². The number of hydrogen-bond acceptors (Lipinski definition) is 6. The van der Waals surface area contributed by atoms with Crippen LogP contribution in [-0.2, 0) is 13.0 Å². The van der Waals surface area contributed by atoms with E-state index in [1.807, 2.05) is 58.9 Å². The predicted octanol–water partition coefficient (Wildman–Crippen LogP) is 4.47. The van der Waals surface area contributed by atoms with Crippen molar-refractivity contribution in [1.29, 1.82) is 0 Å². The number of aromatic nitrogens is 3. The van der Waals surface area contributed by atoms with Gasteiger partial charge < -0.3 is 14.6 Å². The van der Waals surface area contributed by atoms with Gasteiger partial charge in [-0.15, -0.1) is 31.3 Å². The van der Waals surface area contributed by atoms with Gasteiger partial charge in [0.1, 0.15) is 5.01 Å². The Bertz CT molecular complexity index is 1290. The number of aromatic hydroxyl groups is 1. The number of pyridine rings is 1. The summed E-state index contributed by atoms with van der Waals surface area (Å²) in [5, 5.41) is 21.4. The summed E-state index contributed by atoms with van der Waals surface area (Å²) in [5.74, 6) is 4.99. The molecule has 1 amide bonds. The highest BCUT2D eigenvalue weighted by Gasteiger charge is 2.34. The number of likely N-dealkylation sites (N-methyl/N-ethyl adjacent to an activating group) is 1. The molecular formula is C27H35N4O3PS. The third-order valence-corrected chi connectivity index (χ3v) is 6.80. The second-order valence-electron chi connectivity index (χ2n) is 7.52. The zero-order chi connectivity index (χ0) is 26.8. The Morgan fingerprint density at radius 3 is 2.42 bits per heavy atom. The lowest BCUT2D eigenvalue weighted by Crippen LogP contribution is -2.48. The van der Waals surface area contributed by atoms with Gasteiger partial charge in [-0.3, -0.25) is 9.59 Å². The van der Waals surface area contributed by atoms with Crippen molar-refractivity contribution in [2.45, 2.75) is 67.0 Å². The maximum absolute atomic E-state index is 13.0. The maximum atomic E-state index is 13.0. The third-order valence-electron chi connectivity index (χ3n) is 5.46. The van der Waals surface area contributed by atoms with E-state index in [9.17, 15) is 14.7 Å². The molecule has 0 spiro atoms. The van der Waals surface area contributed by atoms with Gasteiger partial charge in [0.25, 0.3) is 5.91 Å². The smallest absolute Gasteiger partial charge is 0.274 e. The van der Waals surface area contributed by atoms with Crippen LogP contribution in [0.25, 0.3) is 10.6 Å². The lowest BCUT2D eigenvalue weighted by Gasteiger charge is -2.36. The summed E-state index contributed by atoms with van der Waals surface area (Å²) in [6.45, 7) is 12.6. The predicted molar refractivity (Wildman–Crippen MR) is 151 cm³/mol. The van der Waals surface area contributed by atoms with Crippen LogP contribution in [0.3, 0.4) is 0 Å². The fourth-order valence-corrected chi connectivity index (χ4v) is 4.91. The van der Waals surface area contributed by atoms with Gasteiger partial charge in [-0.2, -0.15) is 0 Å². The van der Waals surface area contributed by atoms with Crippen molar-refractivity contribution in [1.82, 2.24) is 19.7 Å².